The van der Waals surface area contributed by atoms with Crippen LogP contribution in [0.3, 0.4) is 0 Å². The molecule has 55 heavy (non-hydrogen) atoms. The Morgan fingerprint density at radius 2 is 1.00 bits per heavy atom. The molecule has 0 N–H and O–H groups in total. The van der Waals surface area contributed by atoms with Crippen molar-refractivity contribution in [1.82, 2.24) is 15.0 Å². The highest BCUT2D eigenvalue weighted by molar-refractivity contribution is 6.01. The molecule has 4 nitrogen and oxygen atoms in total. The predicted octanol–water partition coefficient (Wildman–Crippen LogP) is 12.8. The topological polar surface area (TPSA) is 62.5 Å². The van der Waals surface area contributed by atoms with E-state index >= 15 is 0 Å². The van der Waals surface area contributed by atoms with E-state index in [-0.39, 0.29) is 5.41 Å². The molecular formula is C51H44N4. The minimum absolute atomic E-state index is 0.277. The molecule has 268 valence electrons. The first kappa shape index (κ1) is 34.6. The molecular weight excluding hydrogens is 669 g/mol. The van der Waals surface area contributed by atoms with Crippen LogP contribution in [0.15, 0.2) is 152 Å². The van der Waals surface area contributed by atoms with Gasteiger partial charge in [0.1, 0.15) is 0 Å². The second-order valence-corrected chi connectivity index (χ2v) is 16.0. The highest BCUT2D eigenvalue weighted by Crippen LogP contribution is 2.54. The third-order valence-electron chi connectivity index (χ3n) is 11.9. The van der Waals surface area contributed by atoms with Gasteiger partial charge in [0.15, 0.2) is 17.5 Å². The van der Waals surface area contributed by atoms with Crippen LogP contribution in [0, 0.1) is 29.1 Å². The van der Waals surface area contributed by atoms with E-state index in [1.54, 1.807) is 6.07 Å². The van der Waals surface area contributed by atoms with Gasteiger partial charge in [0, 0.05) is 22.3 Å². The van der Waals surface area contributed by atoms with E-state index in [2.05, 4.69) is 117 Å². The molecule has 1 heterocycles. The Balaban J connectivity index is 1.26. The van der Waals surface area contributed by atoms with Gasteiger partial charge in [-0.2, -0.15) is 5.26 Å². The zero-order chi connectivity index (χ0) is 37.4. The smallest absolute Gasteiger partial charge is 0.164 e. The molecule has 2 saturated carbocycles. The normalized spacial score (nSPS) is 20.4. The van der Waals surface area contributed by atoms with Crippen LogP contribution in [0.5, 0.6) is 0 Å². The number of benzene rings is 6. The Labute approximate surface area is 324 Å². The Morgan fingerprint density at radius 1 is 0.491 bits per heavy atom. The van der Waals surface area contributed by atoms with Gasteiger partial charge in [-0.3, -0.25) is 0 Å². The highest BCUT2D eigenvalue weighted by atomic mass is 15.0. The van der Waals surface area contributed by atoms with Gasteiger partial charge in [0.05, 0.1) is 11.6 Å². The first-order valence-corrected chi connectivity index (χ1v) is 19.7. The lowest BCUT2D eigenvalue weighted by Gasteiger charge is -2.50. The average molecular weight is 713 g/mol. The van der Waals surface area contributed by atoms with Crippen LogP contribution in [-0.2, 0) is 5.41 Å². The number of hydrogen-bond acceptors (Lipinski definition) is 4. The fourth-order valence-electron chi connectivity index (χ4n) is 9.97. The van der Waals surface area contributed by atoms with Crippen LogP contribution in [0.25, 0.3) is 67.5 Å². The van der Waals surface area contributed by atoms with Crippen molar-refractivity contribution in [3.8, 4) is 73.6 Å². The molecule has 2 fully saturated rings. The zero-order valence-corrected chi connectivity index (χ0v) is 31.5. The van der Waals surface area contributed by atoms with Crippen molar-refractivity contribution in [2.75, 3.05) is 0 Å². The van der Waals surface area contributed by atoms with Gasteiger partial charge in [-0.15, -0.1) is 0 Å². The maximum atomic E-state index is 9.73. The summed E-state index contributed by atoms with van der Waals surface area (Å²) in [4.78, 5) is 15.3. The molecule has 0 aliphatic heterocycles. The minimum Gasteiger partial charge on any atom is -0.208 e. The number of nitrogens with zero attached hydrogens (tertiary/aromatic N) is 4. The molecule has 0 spiro atoms. The van der Waals surface area contributed by atoms with Gasteiger partial charge < -0.3 is 0 Å². The van der Waals surface area contributed by atoms with Crippen LogP contribution < -0.4 is 0 Å². The van der Waals surface area contributed by atoms with Crippen LogP contribution in [0.1, 0.15) is 57.1 Å². The zero-order valence-electron chi connectivity index (χ0n) is 31.5. The van der Waals surface area contributed by atoms with Crippen molar-refractivity contribution in [3.63, 3.8) is 0 Å². The van der Waals surface area contributed by atoms with E-state index in [9.17, 15) is 5.26 Å². The summed E-state index contributed by atoms with van der Waals surface area (Å²) in [6, 6.07) is 55.2. The van der Waals surface area contributed by atoms with Crippen LogP contribution in [0.2, 0.25) is 0 Å². The van der Waals surface area contributed by atoms with Gasteiger partial charge in [-0.25, -0.2) is 15.0 Å². The summed E-state index contributed by atoms with van der Waals surface area (Å²) in [5, 5.41) is 9.73. The molecule has 0 amide bonds. The van der Waals surface area contributed by atoms with E-state index in [0.29, 0.717) is 23.0 Å². The van der Waals surface area contributed by atoms with E-state index in [1.807, 2.05) is 48.5 Å². The van der Waals surface area contributed by atoms with Gasteiger partial charge >= 0.3 is 0 Å². The molecule has 3 unspecified atom stereocenters. The maximum Gasteiger partial charge on any atom is 0.164 e. The molecule has 6 aromatic carbocycles. The lowest BCUT2D eigenvalue weighted by atomic mass is 9.54. The Bertz CT molecular complexity index is 2480. The van der Waals surface area contributed by atoms with Gasteiger partial charge in [0.2, 0.25) is 0 Å². The van der Waals surface area contributed by atoms with E-state index in [1.165, 1.54) is 48.8 Å². The lowest BCUT2D eigenvalue weighted by molar-refractivity contribution is 0.0780. The second kappa shape index (κ2) is 14.6. The molecule has 2 aliphatic carbocycles. The Morgan fingerprint density at radius 3 is 1.60 bits per heavy atom. The molecule has 0 radical (unpaired) electrons. The van der Waals surface area contributed by atoms with Crippen molar-refractivity contribution >= 4 is 0 Å². The summed E-state index contributed by atoms with van der Waals surface area (Å²) >= 11 is 0. The number of hydrogen-bond donors (Lipinski definition) is 0. The monoisotopic (exact) mass is 712 g/mol. The second-order valence-electron chi connectivity index (χ2n) is 16.0. The first-order chi connectivity index (χ1) is 27.0. The third-order valence-corrected chi connectivity index (χ3v) is 11.9. The van der Waals surface area contributed by atoms with Crippen LogP contribution >= 0.6 is 0 Å². The van der Waals surface area contributed by atoms with Gasteiger partial charge in [0.25, 0.3) is 0 Å². The summed E-state index contributed by atoms with van der Waals surface area (Å²) in [7, 11) is 0. The SMILES string of the molecule is CC1CC2C[C@H](C)CC(c3ccc(-c4ccc(-c5nc(-c6ccccc6)nc(-c6cccc(C#N)c6)n5)c(-c5ccccc5)c4-c4ccccc4)cc3)(C1)C2. The van der Waals surface area contributed by atoms with Crippen molar-refractivity contribution in [2.24, 2.45) is 17.8 Å². The minimum atomic E-state index is 0.277. The number of aromatic nitrogens is 3. The number of nitriles is 1. The van der Waals surface area contributed by atoms with Crippen molar-refractivity contribution in [2.45, 2.75) is 51.4 Å². The molecule has 0 saturated heterocycles. The quantitative estimate of drug-likeness (QED) is 0.165. The molecule has 2 bridgehead atoms. The van der Waals surface area contributed by atoms with Crippen molar-refractivity contribution in [1.29, 1.82) is 5.26 Å². The fraction of sp³-hybridized carbons (Fsp3) is 0.216. The maximum absolute atomic E-state index is 9.73. The largest absolute Gasteiger partial charge is 0.208 e. The molecule has 2 aliphatic rings. The number of fused-ring (bicyclic) bond motifs is 2. The van der Waals surface area contributed by atoms with E-state index in [4.69, 9.17) is 15.0 Å². The first-order valence-electron chi connectivity index (χ1n) is 19.7. The van der Waals surface area contributed by atoms with Crippen LogP contribution in [-0.4, -0.2) is 15.0 Å². The Hall–Kier alpha value is -6.18. The molecule has 7 aromatic rings. The highest BCUT2D eigenvalue weighted by Gasteiger charge is 2.45. The van der Waals surface area contributed by atoms with Crippen molar-refractivity contribution < 1.29 is 0 Å². The van der Waals surface area contributed by atoms with Gasteiger partial charge in [-0.1, -0.05) is 147 Å². The summed E-state index contributed by atoms with van der Waals surface area (Å²) in [5.74, 6) is 4.06. The molecule has 1 aromatic heterocycles. The summed E-state index contributed by atoms with van der Waals surface area (Å²) in [6.07, 6.45) is 6.65. The van der Waals surface area contributed by atoms with Crippen LogP contribution in [0.4, 0.5) is 0 Å². The molecule has 4 heteroatoms. The summed E-state index contributed by atoms with van der Waals surface area (Å²) in [5.41, 5.74) is 11.7. The summed E-state index contributed by atoms with van der Waals surface area (Å²) in [6.45, 7) is 4.93. The van der Waals surface area contributed by atoms with E-state index in [0.717, 1.165) is 56.7 Å². The van der Waals surface area contributed by atoms with E-state index < -0.39 is 0 Å². The summed E-state index contributed by atoms with van der Waals surface area (Å²) < 4.78 is 0. The fourth-order valence-corrected chi connectivity index (χ4v) is 9.97. The molecule has 9 rings (SSSR count). The third kappa shape index (κ3) is 6.77. The standard InChI is InChI=1S/C51H44N4/c1-34-27-37-28-35(2)31-51(30-34,32-37)43-23-21-38(22-24-43)44-25-26-45(47(40-16-8-4-9-17-40)46(44)39-14-6-3-7-15-39)50-54-48(41-18-10-5-11-19-41)53-49(55-50)42-20-12-13-36(29-42)33-52/h3-26,29,34-35,37H,27-28,30-32H2,1-2H3/t34-,35?,37?,51?/m0/s1. The average Bonchev–Trinajstić information content (AvgIpc) is 3.23. The van der Waals surface area contributed by atoms with Crippen molar-refractivity contribution in [3.05, 3.63) is 163 Å². The molecule has 4 atom stereocenters. The van der Waals surface area contributed by atoms with Gasteiger partial charge in [-0.05, 0) is 107 Å². The number of rotatable bonds is 7. The lowest BCUT2D eigenvalue weighted by Crippen LogP contribution is -2.42. The Kier molecular flexibility index (Phi) is 9.16. The predicted molar refractivity (Wildman–Crippen MR) is 224 cm³/mol.